The van der Waals surface area contributed by atoms with Crippen LogP contribution in [0.2, 0.25) is 0 Å². The summed E-state index contributed by atoms with van der Waals surface area (Å²) in [6.07, 6.45) is 1.08. The van der Waals surface area contributed by atoms with Crippen LogP contribution in [-0.2, 0) is 0 Å². The first-order valence-electron chi connectivity index (χ1n) is 6.07. The minimum Gasteiger partial charge on any atom is -0.495 e. The van der Waals surface area contributed by atoms with Crippen LogP contribution in [0.1, 0.15) is 6.42 Å². The van der Waals surface area contributed by atoms with Gasteiger partial charge in [0.2, 0.25) is 0 Å². The van der Waals surface area contributed by atoms with Gasteiger partial charge in [-0.15, -0.1) is 0 Å². The summed E-state index contributed by atoms with van der Waals surface area (Å²) < 4.78 is 5.38. The van der Waals surface area contributed by atoms with Crippen LogP contribution >= 0.6 is 0 Å². The molecule has 1 heterocycles. The smallest absolute Gasteiger partial charge is 0.142 e. The highest BCUT2D eigenvalue weighted by molar-refractivity contribution is 5.58. The van der Waals surface area contributed by atoms with Gasteiger partial charge in [-0.25, -0.2) is 0 Å². The van der Waals surface area contributed by atoms with Gasteiger partial charge in [0.1, 0.15) is 5.75 Å². The fraction of sp³-hybridized carbons (Fsp3) is 0.538. The molecule has 17 heavy (non-hydrogen) atoms. The van der Waals surface area contributed by atoms with Crippen molar-refractivity contribution in [2.24, 2.45) is 0 Å². The zero-order chi connectivity index (χ0) is 12.1. The second kappa shape index (κ2) is 5.89. The Hall–Kier alpha value is -1.26. The average Bonchev–Trinajstić information content (AvgIpc) is 2.64. The topological polar surface area (TPSA) is 44.7 Å². The summed E-state index contributed by atoms with van der Waals surface area (Å²) in [6, 6.07) is 8.18. The molecule has 1 aliphatic heterocycles. The van der Waals surface area contributed by atoms with Gasteiger partial charge in [0.05, 0.1) is 19.4 Å². The summed E-state index contributed by atoms with van der Waals surface area (Å²) in [5.74, 6) is 0.895. The van der Waals surface area contributed by atoms with E-state index in [0.717, 1.165) is 37.5 Å². The lowest BCUT2D eigenvalue weighted by Gasteiger charge is -2.27. The van der Waals surface area contributed by atoms with Gasteiger partial charge < -0.3 is 20.1 Å². The first-order valence-corrected chi connectivity index (χ1v) is 6.07. The number of methoxy groups -OCH3 is 1. The Balaban J connectivity index is 2.18. The number of hydrogen-bond acceptors (Lipinski definition) is 4. The van der Waals surface area contributed by atoms with E-state index >= 15 is 0 Å². The number of anilines is 1. The minimum atomic E-state index is 0.141. The second-order valence-electron chi connectivity index (χ2n) is 4.31. The van der Waals surface area contributed by atoms with Crippen molar-refractivity contribution < 1.29 is 9.84 Å². The maximum Gasteiger partial charge on any atom is 0.142 e. The average molecular weight is 236 g/mol. The molecule has 1 aromatic carbocycles. The number of hydrogen-bond donors (Lipinski definition) is 2. The fourth-order valence-electron chi connectivity index (χ4n) is 2.23. The van der Waals surface area contributed by atoms with Crippen LogP contribution in [0.25, 0.3) is 0 Å². The summed E-state index contributed by atoms with van der Waals surface area (Å²) in [7, 11) is 1.69. The Kier molecular flexibility index (Phi) is 4.23. The third kappa shape index (κ3) is 2.90. The van der Waals surface area contributed by atoms with E-state index in [1.807, 2.05) is 18.2 Å². The number of aliphatic hydroxyl groups is 1. The van der Waals surface area contributed by atoms with E-state index in [4.69, 9.17) is 4.74 Å². The van der Waals surface area contributed by atoms with E-state index in [2.05, 4.69) is 16.3 Å². The predicted molar refractivity (Wildman–Crippen MR) is 68.7 cm³/mol. The Bertz CT molecular complexity index is 357. The van der Waals surface area contributed by atoms with Crippen LogP contribution in [0.15, 0.2) is 24.3 Å². The molecule has 1 atom stereocenters. The zero-order valence-electron chi connectivity index (χ0n) is 10.2. The van der Waals surface area contributed by atoms with Gasteiger partial charge in [0.15, 0.2) is 0 Å². The zero-order valence-corrected chi connectivity index (χ0v) is 10.2. The number of ether oxygens (including phenoxy) is 1. The molecule has 1 unspecified atom stereocenters. The monoisotopic (exact) mass is 236 g/mol. The molecule has 0 amide bonds. The van der Waals surface area contributed by atoms with Crippen molar-refractivity contribution in [1.29, 1.82) is 0 Å². The number of nitrogens with zero attached hydrogens (tertiary/aromatic N) is 1. The summed E-state index contributed by atoms with van der Waals surface area (Å²) in [5.41, 5.74) is 1.11. The Morgan fingerprint density at radius 1 is 1.47 bits per heavy atom. The van der Waals surface area contributed by atoms with Crippen molar-refractivity contribution in [3.8, 4) is 5.75 Å². The maximum absolute atomic E-state index is 9.29. The lowest BCUT2D eigenvalue weighted by atomic mass is 10.2. The van der Waals surface area contributed by atoms with Crippen LogP contribution < -0.4 is 15.0 Å². The molecule has 4 nitrogen and oxygen atoms in total. The van der Waals surface area contributed by atoms with Gasteiger partial charge in [0, 0.05) is 19.1 Å². The molecular formula is C13H20N2O2. The summed E-state index contributed by atoms with van der Waals surface area (Å²) in [4.78, 5) is 2.28. The van der Waals surface area contributed by atoms with Crippen molar-refractivity contribution in [3.05, 3.63) is 24.3 Å². The largest absolute Gasteiger partial charge is 0.495 e. The quantitative estimate of drug-likeness (QED) is 0.817. The highest BCUT2D eigenvalue weighted by Gasteiger charge is 2.19. The van der Waals surface area contributed by atoms with Gasteiger partial charge in [-0.2, -0.15) is 0 Å². The van der Waals surface area contributed by atoms with E-state index in [0.29, 0.717) is 0 Å². The first-order chi connectivity index (χ1) is 8.35. The fourth-order valence-corrected chi connectivity index (χ4v) is 2.23. The molecule has 0 spiro atoms. The van der Waals surface area contributed by atoms with E-state index < -0.39 is 0 Å². The van der Waals surface area contributed by atoms with Gasteiger partial charge in [0.25, 0.3) is 0 Å². The number of nitrogens with one attached hydrogen (secondary N) is 1. The van der Waals surface area contributed by atoms with Crippen molar-refractivity contribution >= 4 is 5.69 Å². The van der Waals surface area contributed by atoms with Crippen molar-refractivity contribution in [3.63, 3.8) is 0 Å². The van der Waals surface area contributed by atoms with Gasteiger partial charge >= 0.3 is 0 Å². The molecule has 1 saturated heterocycles. The van der Waals surface area contributed by atoms with Crippen molar-refractivity contribution in [1.82, 2.24) is 5.32 Å². The van der Waals surface area contributed by atoms with E-state index in [-0.39, 0.29) is 12.6 Å². The lowest BCUT2D eigenvalue weighted by molar-refractivity contribution is 0.248. The van der Waals surface area contributed by atoms with Gasteiger partial charge in [-0.05, 0) is 25.1 Å². The molecule has 0 radical (unpaired) electrons. The summed E-state index contributed by atoms with van der Waals surface area (Å²) >= 11 is 0. The molecule has 0 saturated carbocycles. The van der Waals surface area contributed by atoms with E-state index in [9.17, 15) is 5.11 Å². The highest BCUT2D eigenvalue weighted by atomic mass is 16.5. The van der Waals surface area contributed by atoms with E-state index in [1.165, 1.54) is 0 Å². The molecule has 4 heteroatoms. The van der Waals surface area contributed by atoms with Crippen LogP contribution in [0.4, 0.5) is 5.69 Å². The summed E-state index contributed by atoms with van der Waals surface area (Å²) in [5, 5.41) is 12.6. The van der Waals surface area contributed by atoms with Crippen molar-refractivity contribution in [2.75, 3.05) is 38.3 Å². The lowest BCUT2D eigenvalue weighted by Crippen LogP contribution is -2.40. The number of benzene rings is 1. The van der Waals surface area contributed by atoms with Crippen LogP contribution in [0, 0.1) is 0 Å². The summed E-state index contributed by atoms with van der Waals surface area (Å²) in [6.45, 7) is 2.93. The molecule has 0 aliphatic carbocycles. The highest BCUT2D eigenvalue weighted by Crippen LogP contribution is 2.28. The van der Waals surface area contributed by atoms with Crippen LogP contribution in [0.3, 0.4) is 0 Å². The van der Waals surface area contributed by atoms with Crippen molar-refractivity contribution in [2.45, 2.75) is 12.5 Å². The van der Waals surface area contributed by atoms with Gasteiger partial charge in [-0.3, -0.25) is 0 Å². The van der Waals surface area contributed by atoms with E-state index in [1.54, 1.807) is 7.11 Å². The third-order valence-corrected chi connectivity index (χ3v) is 3.12. The number of rotatable bonds is 3. The predicted octanol–water partition coefficient (Wildman–Crippen LogP) is 0.856. The van der Waals surface area contributed by atoms with Crippen LogP contribution in [0.5, 0.6) is 5.75 Å². The number of para-hydroxylation sites is 2. The molecule has 1 aliphatic rings. The Morgan fingerprint density at radius 3 is 3.06 bits per heavy atom. The number of aliphatic hydroxyl groups excluding tert-OH is 1. The molecule has 1 aromatic rings. The molecule has 1 fully saturated rings. The molecule has 94 valence electrons. The minimum absolute atomic E-state index is 0.141. The van der Waals surface area contributed by atoms with Gasteiger partial charge in [-0.1, -0.05) is 12.1 Å². The normalized spacial score (nSPS) is 21.1. The molecule has 0 aromatic heterocycles. The third-order valence-electron chi connectivity index (χ3n) is 3.12. The molecule has 2 rings (SSSR count). The molecule has 2 N–H and O–H groups in total. The SMILES string of the molecule is COc1ccccc1N1CCCNC(CO)C1. The maximum atomic E-state index is 9.29. The standard InChI is InChI=1S/C13H20N2O2/c1-17-13-6-3-2-5-12(13)15-8-4-7-14-11(9-15)10-16/h2-3,5-6,11,14,16H,4,7-10H2,1H3. The first kappa shape index (κ1) is 12.2. The van der Waals surface area contributed by atoms with Crippen LogP contribution in [-0.4, -0.2) is 44.5 Å². The Morgan fingerprint density at radius 2 is 2.29 bits per heavy atom. The molecular weight excluding hydrogens is 216 g/mol. The second-order valence-corrected chi connectivity index (χ2v) is 4.31. The Labute approximate surface area is 102 Å². The molecule has 0 bridgehead atoms.